The molecule has 3 heterocycles. The van der Waals surface area contributed by atoms with Crippen LogP contribution in [0, 0.1) is 0 Å². The topological polar surface area (TPSA) is 109 Å². The van der Waals surface area contributed by atoms with E-state index in [1.165, 1.54) is 16.8 Å². The maximum Gasteiger partial charge on any atom is 0.330 e. The average Bonchev–Trinajstić information content (AvgIpc) is 3.51. The lowest BCUT2D eigenvalue weighted by Gasteiger charge is -2.32. The van der Waals surface area contributed by atoms with Crippen molar-refractivity contribution >= 4 is 16.9 Å². The van der Waals surface area contributed by atoms with Gasteiger partial charge in [-0.05, 0) is 25.8 Å². The third-order valence-corrected chi connectivity index (χ3v) is 5.18. The highest BCUT2D eigenvalue weighted by atomic mass is 16.5. The molecule has 0 aromatic carbocycles. The first kappa shape index (κ1) is 17.9. The molecule has 144 valence electrons. The lowest BCUT2D eigenvalue weighted by Crippen LogP contribution is -2.47. The number of rotatable bonds is 5. The van der Waals surface area contributed by atoms with E-state index in [1.807, 2.05) is 0 Å². The van der Waals surface area contributed by atoms with Crippen molar-refractivity contribution in [2.45, 2.75) is 31.8 Å². The molecule has 9 heteroatoms. The molecular formula is C18H23N5O4. The molecular weight excluding hydrogens is 350 g/mol. The quantitative estimate of drug-likeness (QED) is 0.756. The Bertz CT molecular complexity index is 972. The molecule has 1 saturated carbocycles. The van der Waals surface area contributed by atoms with Crippen LogP contribution < -0.4 is 16.6 Å². The summed E-state index contributed by atoms with van der Waals surface area (Å²) >= 11 is 0. The Balaban J connectivity index is 1.52. The van der Waals surface area contributed by atoms with Crippen LogP contribution in [-0.4, -0.2) is 64.2 Å². The van der Waals surface area contributed by atoms with Crippen molar-refractivity contribution in [1.29, 1.82) is 0 Å². The number of hydrogen-bond donors (Lipinski definition) is 2. The number of carbonyl (C=O) groups excluding carboxylic acids is 1. The minimum atomic E-state index is -0.518. The summed E-state index contributed by atoms with van der Waals surface area (Å²) in [5.74, 6) is -0.284. The average molecular weight is 373 g/mol. The second-order valence-corrected chi connectivity index (χ2v) is 7.16. The van der Waals surface area contributed by atoms with Gasteiger partial charge in [-0.15, -0.1) is 0 Å². The standard InChI is InChI=1S/C18H23N5O4/c1-11(22-4-6-27-7-5-22)9-20-16(24)12-8-14-15(19-10-12)23(13-2-3-13)18(26)21-17(14)25/h8,10-11,13H,2-7,9H2,1H3,(H,20,24)(H,21,25,26). The Labute approximate surface area is 155 Å². The summed E-state index contributed by atoms with van der Waals surface area (Å²) in [4.78, 5) is 45.6. The van der Waals surface area contributed by atoms with E-state index < -0.39 is 11.2 Å². The largest absolute Gasteiger partial charge is 0.379 e. The van der Waals surface area contributed by atoms with Gasteiger partial charge in [0.1, 0.15) is 5.65 Å². The molecule has 2 aromatic heterocycles. The third kappa shape index (κ3) is 3.65. The number of nitrogens with one attached hydrogen (secondary N) is 2. The normalized spacial score (nSPS) is 19.1. The van der Waals surface area contributed by atoms with Crippen LogP contribution in [0.2, 0.25) is 0 Å². The van der Waals surface area contributed by atoms with E-state index in [4.69, 9.17) is 4.74 Å². The fraction of sp³-hybridized carbons (Fsp3) is 0.556. The van der Waals surface area contributed by atoms with Crippen molar-refractivity contribution in [1.82, 2.24) is 24.8 Å². The second-order valence-electron chi connectivity index (χ2n) is 7.16. The number of amides is 1. The van der Waals surface area contributed by atoms with Crippen LogP contribution >= 0.6 is 0 Å². The predicted molar refractivity (Wildman–Crippen MR) is 99.1 cm³/mol. The number of H-pyrrole nitrogens is 1. The monoisotopic (exact) mass is 373 g/mol. The van der Waals surface area contributed by atoms with E-state index in [9.17, 15) is 14.4 Å². The Morgan fingerprint density at radius 3 is 2.81 bits per heavy atom. The van der Waals surface area contributed by atoms with Gasteiger partial charge in [0.25, 0.3) is 11.5 Å². The molecule has 0 radical (unpaired) electrons. The van der Waals surface area contributed by atoms with Crippen LogP contribution in [0.3, 0.4) is 0 Å². The summed E-state index contributed by atoms with van der Waals surface area (Å²) < 4.78 is 6.85. The van der Waals surface area contributed by atoms with Gasteiger partial charge in [-0.2, -0.15) is 0 Å². The van der Waals surface area contributed by atoms with E-state index in [0.29, 0.717) is 31.0 Å². The number of nitrogens with zero attached hydrogens (tertiary/aromatic N) is 3. The molecule has 27 heavy (non-hydrogen) atoms. The first-order valence-electron chi connectivity index (χ1n) is 9.29. The van der Waals surface area contributed by atoms with Gasteiger partial charge in [-0.1, -0.05) is 0 Å². The Kier molecular flexibility index (Phi) is 4.79. The molecule has 1 amide bonds. The minimum Gasteiger partial charge on any atom is -0.379 e. The van der Waals surface area contributed by atoms with Gasteiger partial charge < -0.3 is 10.1 Å². The molecule has 2 N–H and O–H groups in total. The van der Waals surface area contributed by atoms with Gasteiger partial charge in [-0.3, -0.25) is 24.0 Å². The molecule has 1 unspecified atom stereocenters. The number of ether oxygens (including phenoxy) is 1. The number of aromatic nitrogens is 3. The van der Waals surface area contributed by atoms with Gasteiger partial charge in [0.15, 0.2) is 0 Å². The van der Waals surface area contributed by atoms with Crippen LogP contribution in [0.1, 0.15) is 36.2 Å². The van der Waals surface area contributed by atoms with Crippen LogP contribution in [0.25, 0.3) is 11.0 Å². The summed E-state index contributed by atoms with van der Waals surface area (Å²) in [6.45, 7) is 5.67. The van der Waals surface area contributed by atoms with Gasteiger partial charge in [0.05, 0.1) is 24.2 Å². The maximum atomic E-state index is 12.5. The minimum absolute atomic E-state index is 0.0819. The molecule has 0 spiro atoms. The van der Waals surface area contributed by atoms with E-state index in [2.05, 4.69) is 27.1 Å². The van der Waals surface area contributed by atoms with Crippen LogP contribution in [0.5, 0.6) is 0 Å². The number of pyridine rings is 1. The summed E-state index contributed by atoms with van der Waals surface area (Å²) in [6, 6.07) is 1.78. The highest BCUT2D eigenvalue weighted by molar-refractivity contribution is 5.96. The van der Waals surface area contributed by atoms with Crippen molar-refractivity contribution < 1.29 is 9.53 Å². The number of carbonyl (C=O) groups is 1. The van der Waals surface area contributed by atoms with Crippen LogP contribution in [-0.2, 0) is 4.74 Å². The maximum absolute atomic E-state index is 12.5. The van der Waals surface area contributed by atoms with Gasteiger partial charge >= 0.3 is 5.69 Å². The molecule has 9 nitrogen and oxygen atoms in total. The zero-order valence-electron chi connectivity index (χ0n) is 15.2. The third-order valence-electron chi connectivity index (χ3n) is 5.18. The summed E-state index contributed by atoms with van der Waals surface area (Å²) in [7, 11) is 0. The summed E-state index contributed by atoms with van der Waals surface area (Å²) in [6.07, 6.45) is 3.21. The van der Waals surface area contributed by atoms with E-state index in [0.717, 1.165) is 25.9 Å². The van der Waals surface area contributed by atoms with Crippen molar-refractivity contribution in [3.8, 4) is 0 Å². The molecule has 1 aliphatic heterocycles. The summed E-state index contributed by atoms with van der Waals surface area (Å²) in [5.41, 5.74) is -0.317. The van der Waals surface area contributed by atoms with Crippen molar-refractivity contribution in [2.24, 2.45) is 0 Å². The van der Waals surface area contributed by atoms with Crippen LogP contribution in [0.15, 0.2) is 21.9 Å². The molecule has 0 bridgehead atoms. The first-order chi connectivity index (χ1) is 13.0. The number of morpholine rings is 1. The molecule has 4 rings (SSSR count). The van der Waals surface area contributed by atoms with Gasteiger partial charge in [0.2, 0.25) is 0 Å². The van der Waals surface area contributed by atoms with Crippen molar-refractivity contribution in [3.05, 3.63) is 38.7 Å². The lowest BCUT2D eigenvalue weighted by atomic mass is 10.2. The van der Waals surface area contributed by atoms with E-state index in [1.54, 1.807) is 0 Å². The van der Waals surface area contributed by atoms with E-state index >= 15 is 0 Å². The van der Waals surface area contributed by atoms with Gasteiger partial charge in [0, 0.05) is 37.9 Å². The molecule has 1 atom stereocenters. The predicted octanol–water partition coefficient (Wildman–Crippen LogP) is -0.130. The first-order valence-corrected chi connectivity index (χ1v) is 9.29. The fourth-order valence-corrected chi connectivity index (χ4v) is 3.42. The Morgan fingerprint density at radius 2 is 2.11 bits per heavy atom. The highest BCUT2D eigenvalue weighted by Crippen LogP contribution is 2.34. The number of fused-ring (bicyclic) bond motifs is 1. The molecule has 2 aromatic rings. The lowest BCUT2D eigenvalue weighted by molar-refractivity contribution is 0.0204. The number of aromatic amines is 1. The Morgan fingerprint density at radius 1 is 1.37 bits per heavy atom. The molecule has 2 fully saturated rings. The molecule has 1 saturated heterocycles. The molecule has 2 aliphatic rings. The van der Waals surface area contributed by atoms with Crippen molar-refractivity contribution in [3.63, 3.8) is 0 Å². The second kappa shape index (κ2) is 7.24. The fourth-order valence-electron chi connectivity index (χ4n) is 3.42. The van der Waals surface area contributed by atoms with Crippen molar-refractivity contribution in [2.75, 3.05) is 32.8 Å². The number of hydrogen-bond acceptors (Lipinski definition) is 6. The molecule has 1 aliphatic carbocycles. The summed E-state index contributed by atoms with van der Waals surface area (Å²) in [5, 5.41) is 3.16. The zero-order chi connectivity index (χ0) is 19.0. The zero-order valence-corrected chi connectivity index (χ0v) is 15.2. The highest BCUT2D eigenvalue weighted by Gasteiger charge is 2.28. The smallest absolute Gasteiger partial charge is 0.330 e. The van der Waals surface area contributed by atoms with Gasteiger partial charge in [-0.25, -0.2) is 9.78 Å². The van der Waals surface area contributed by atoms with E-state index in [-0.39, 0.29) is 23.4 Å². The Hall–Kier alpha value is -2.52. The SMILES string of the molecule is CC(CNC(=O)c1cnc2c(c1)c(=O)[nH]c(=O)n2C1CC1)N1CCOCC1. The van der Waals surface area contributed by atoms with Crippen LogP contribution in [0.4, 0.5) is 0 Å².